The molecular weight excluding hydrogens is 748 g/mol. The Hall–Kier alpha value is -2.36. The lowest BCUT2D eigenvalue weighted by atomic mass is 10.0. The van der Waals surface area contributed by atoms with Crippen molar-refractivity contribution in [2.24, 2.45) is 0 Å². The second-order valence-corrected chi connectivity index (χ2v) is 15.9. The Morgan fingerprint density at radius 2 is 1.73 bits per heavy atom. The van der Waals surface area contributed by atoms with E-state index in [1.165, 1.54) is 17.6 Å². The van der Waals surface area contributed by atoms with E-state index in [9.17, 15) is 8.42 Å². The molecule has 2 fully saturated rings. The average molecular weight is 785 g/mol. The summed E-state index contributed by atoms with van der Waals surface area (Å²) in [7, 11) is 0.215. The fourth-order valence-electron chi connectivity index (χ4n) is 6.05. The van der Waals surface area contributed by atoms with Crippen LogP contribution in [0.2, 0.25) is 5.02 Å². The number of halogens is 3. The Morgan fingerprint density at radius 3 is 2.44 bits per heavy atom. The van der Waals surface area contributed by atoms with Crippen LogP contribution in [-0.2, 0) is 16.4 Å². The molecule has 0 radical (unpaired) electrons. The molecule has 6 rings (SSSR count). The third-order valence-corrected chi connectivity index (χ3v) is 11.5. The molecule has 0 atom stereocenters. The molecule has 0 spiro atoms. The zero-order chi connectivity index (χ0) is 31.9. The second kappa shape index (κ2) is 13.4. The van der Waals surface area contributed by atoms with Crippen LogP contribution in [0.1, 0.15) is 18.4 Å². The summed E-state index contributed by atoms with van der Waals surface area (Å²) in [5.41, 5.74) is 3.73. The lowest BCUT2D eigenvalue weighted by Gasteiger charge is -2.42. The largest absolute Gasteiger partial charge is 0.493 e. The number of aromatic nitrogens is 2. The first-order valence-electron chi connectivity index (χ1n) is 14.9. The summed E-state index contributed by atoms with van der Waals surface area (Å²) in [6.07, 6.45) is 5.79. The number of fused-ring (bicyclic) bond motifs is 1. The van der Waals surface area contributed by atoms with E-state index in [2.05, 4.69) is 74.2 Å². The van der Waals surface area contributed by atoms with Crippen molar-refractivity contribution in [3.63, 3.8) is 0 Å². The number of rotatable bonds is 8. The van der Waals surface area contributed by atoms with Crippen LogP contribution in [0.5, 0.6) is 5.75 Å². The predicted octanol–water partition coefficient (Wildman–Crippen LogP) is 5.69. The van der Waals surface area contributed by atoms with Crippen molar-refractivity contribution in [2.45, 2.75) is 25.3 Å². The predicted molar refractivity (Wildman–Crippen MR) is 189 cm³/mol. The van der Waals surface area contributed by atoms with Gasteiger partial charge in [0.05, 0.1) is 45.1 Å². The number of hydrogen-bond acceptors (Lipinski definition) is 10. The minimum Gasteiger partial charge on any atom is -0.493 e. The third kappa shape index (κ3) is 7.31. The molecule has 0 aliphatic carbocycles. The van der Waals surface area contributed by atoms with Gasteiger partial charge in [-0.3, -0.25) is 9.21 Å². The van der Waals surface area contributed by atoms with Gasteiger partial charge in [0, 0.05) is 75.5 Å². The van der Waals surface area contributed by atoms with Crippen LogP contribution in [0.25, 0.3) is 0 Å². The van der Waals surface area contributed by atoms with Gasteiger partial charge >= 0.3 is 0 Å². The molecule has 2 saturated heterocycles. The molecule has 0 unspecified atom stereocenters. The second-order valence-electron chi connectivity index (χ2n) is 11.8. The molecule has 4 heterocycles. The van der Waals surface area contributed by atoms with Crippen molar-refractivity contribution in [3.05, 3.63) is 50.0 Å². The molecule has 1 aromatic heterocycles. The molecular formula is C30H37Br2ClN8O3S. The number of hydrogen-bond donors (Lipinski definition) is 2. The standard InChI is InChI=1S/C30H37Br2ClN8O3S/c1-38-9-11-40(12-10-38)20-4-7-41(8-5-20)26-16-23(33)24(15-21(26)31)36-30-34-18-22(32)29(37-30)35-25-17-28-19(6-13-44-28)14-27(25)39(2)45(3,42)43/h14-18,20H,4-13H2,1-3H3,(H2,34,35,36,37). The van der Waals surface area contributed by atoms with Crippen molar-refractivity contribution < 1.29 is 13.2 Å². The smallest absolute Gasteiger partial charge is 0.232 e. The molecule has 3 aromatic rings. The maximum atomic E-state index is 12.4. The van der Waals surface area contributed by atoms with Crippen LogP contribution < -0.4 is 24.6 Å². The van der Waals surface area contributed by atoms with E-state index in [1.807, 2.05) is 24.3 Å². The number of ether oxygens (including phenoxy) is 1. The highest BCUT2D eigenvalue weighted by atomic mass is 79.9. The molecule has 11 nitrogen and oxygen atoms in total. The number of anilines is 6. The molecule has 2 aromatic carbocycles. The molecule has 3 aliphatic rings. The Morgan fingerprint density at radius 1 is 1.00 bits per heavy atom. The van der Waals surface area contributed by atoms with Crippen LogP contribution in [0.15, 0.2) is 39.4 Å². The SMILES string of the molecule is CN1CCN(C2CCN(c3cc(Cl)c(Nc4ncc(Br)c(Nc5cc6c(cc5N(C)S(C)(=O)=O)CCO6)n4)cc3Br)CC2)CC1. The van der Waals surface area contributed by atoms with Gasteiger partial charge in [-0.25, -0.2) is 13.4 Å². The number of sulfonamides is 1. The van der Waals surface area contributed by atoms with Crippen molar-refractivity contribution in [1.29, 1.82) is 0 Å². The normalized spacial score (nSPS) is 18.0. The van der Waals surface area contributed by atoms with E-state index in [-0.39, 0.29) is 0 Å². The number of likely N-dealkylation sites (N-methyl/N-ethyl adjacent to an activating group) is 1. The number of benzene rings is 2. The Bertz CT molecular complexity index is 1680. The summed E-state index contributed by atoms with van der Waals surface area (Å²) in [6, 6.07) is 8.23. The van der Waals surface area contributed by atoms with Crippen molar-refractivity contribution in [3.8, 4) is 5.75 Å². The van der Waals surface area contributed by atoms with Gasteiger partial charge < -0.3 is 25.2 Å². The molecule has 0 amide bonds. The molecule has 242 valence electrons. The van der Waals surface area contributed by atoms with E-state index in [4.69, 9.17) is 16.3 Å². The Balaban J connectivity index is 1.18. The molecule has 0 bridgehead atoms. The van der Waals surface area contributed by atoms with Crippen LogP contribution in [0.4, 0.5) is 34.5 Å². The minimum atomic E-state index is -3.51. The number of piperidine rings is 1. The highest BCUT2D eigenvalue weighted by Crippen LogP contribution is 2.40. The topological polar surface area (TPSA) is 106 Å². The van der Waals surface area contributed by atoms with Crippen molar-refractivity contribution in [1.82, 2.24) is 19.8 Å². The zero-order valence-corrected chi connectivity index (χ0v) is 30.2. The van der Waals surface area contributed by atoms with E-state index in [1.54, 1.807) is 6.20 Å². The Kier molecular flexibility index (Phi) is 9.70. The van der Waals surface area contributed by atoms with Gasteiger partial charge in [-0.1, -0.05) is 11.6 Å². The summed E-state index contributed by atoms with van der Waals surface area (Å²) < 4.78 is 33.4. The summed E-state index contributed by atoms with van der Waals surface area (Å²) in [5, 5.41) is 7.09. The lowest BCUT2D eigenvalue weighted by Crippen LogP contribution is -2.52. The maximum Gasteiger partial charge on any atom is 0.232 e. The first-order valence-corrected chi connectivity index (χ1v) is 18.7. The summed E-state index contributed by atoms with van der Waals surface area (Å²) >= 11 is 14.1. The lowest BCUT2D eigenvalue weighted by molar-refractivity contribution is 0.0982. The first-order chi connectivity index (χ1) is 21.5. The highest BCUT2D eigenvalue weighted by Gasteiger charge is 2.28. The highest BCUT2D eigenvalue weighted by molar-refractivity contribution is 9.11. The van der Waals surface area contributed by atoms with Crippen molar-refractivity contribution in [2.75, 3.05) is 86.1 Å². The van der Waals surface area contributed by atoms with Crippen LogP contribution >= 0.6 is 43.5 Å². The van der Waals surface area contributed by atoms with Gasteiger partial charge in [0.1, 0.15) is 11.6 Å². The van der Waals surface area contributed by atoms with Gasteiger partial charge in [0.25, 0.3) is 0 Å². The van der Waals surface area contributed by atoms with Gasteiger partial charge in [-0.05, 0) is 75.5 Å². The Labute approximate surface area is 286 Å². The summed E-state index contributed by atoms with van der Waals surface area (Å²) in [6.45, 7) is 7.08. The molecule has 15 heteroatoms. The summed E-state index contributed by atoms with van der Waals surface area (Å²) in [5.74, 6) is 1.49. The first kappa shape index (κ1) is 32.6. The number of piperazine rings is 1. The summed E-state index contributed by atoms with van der Waals surface area (Å²) in [4.78, 5) is 16.6. The third-order valence-electron chi connectivity index (χ3n) is 8.78. The van der Waals surface area contributed by atoms with Gasteiger partial charge in [-0.15, -0.1) is 0 Å². The zero-order valence-electron chi connectivity index (χ0n) is 25.5. The van der Waals surface area contributed by atoms with Crippen LogP contribution in [-0.4, -0.2) is 100 Å². The monoisotopic (exact) mass is 782 g/mol. The van der Waals surface area contributed by atoms with E-state index in [0.29, 0.717) is 56.7 Å². The van der Waals surface area contributed by atoms with Crippen molar-refractivity contribution >= 4 is 88.0 Å². The average Bonchev–Trinajstić information content (AvgIpc) is 3.47. The fraction of sp³-hybridized carbons (Fsp3) is 0.467. The number of nitrogens with one attached hydrogen (secondary N) is 2. The van der Waals surface area contributed by atoms with Crippen LogP contribution in [0.3, 0.4) is 0 Å². The van der Waals surface area contributed by atoms with E-state index < -0.39 is 10.0 Å². The number of nitrogens with zero attached hydrogens (tertiary/aromatic N) is 6. The van der Waals surface area contributed by atoms with E-state index >= 15 is 0 Å². The van der Waals surface area contributed by atoms with E-state index in [0.717, 1.165) is 74.3 Å². The van der Waals surface area contributed by atoms with Gasteiger partial charge in [0.2, 0.25) is 16.0 Å². The molecule has 0 saturated carbocycles. The van der Waals surface area contributed by atoms with Gasteiger partial charge in [0.15, 0.2) is 0 Å². The van der Waals surface area contributed by atoms with Crippen LogP contribution in [0, 0.1) is 0 Å². The quantitative estimate of drug-likeness (QED) is 0.296. The van der Waals surface area contributed by atoms with Gasteiger partial charge in [-0.2, -0.15) is 4.98 Å². The molecule has 3 aliphatic heterocycles. The fourth-order valence-corrected chi connectivity index (χ4v) is 7.65. The maximum absolute atomic E-state index is 12.4. The molecule has 2 N–H and O–H groups in total. The minimum absolute atomic E-state index is 0.325. The molecule has 45 heavy (non-hydrogen) atoms.